The molecule has 27 heavy (non-hydrogen) atoms. The largest absolute Gasteiger partial charge is 0.497 e. The molecule has 0 atom stereocenters. The van der Waals surface area contributed by atoms with Crippen molar-refractivity contribution in [2.45, 2.75) is 13.8 Å². The SMILES string of the molecule is COc1ccc2nc(-c3cccnc3)nc(Nc3cc(C)cc(C)c3)c2c1. The van der Waals surface area contributed by atoms with Crippen LogP contribution in [0.1, 0.15) is 11.1 Å². The molecule has 4 aromatic rings. The lowest BCUT2D eigenvalue weighted by Crippen LogP contribution is -2.00. The fourth-order valence-electron chi connectivity index (χ4n) is 3.14. The topological polar surface area (TPSA) is 59.9 Å². The summed E-state index contributed by atoms with van der Waals surface area (Å²) in [5.41, 5.74) is 5.10. The van der Waals surface area contributed by atoms with Crippen LogP contribution < -0.4 is 10.1 Å². The van der Waals surface area contributed by atoms with Gasteiger partial charge in [-0.15, -0.1) is 0 Å². The second-order valence-corrected chi connectivity index (χ2v) is 6.52. The number of nitrogens with zero attached hydrogens (tertiary/aromatic N) is 3. The number of fused-ring (bicyclic) bond motifs is 1. The Morgan fingerprint density at radius 2 is 1.74 bits per heavy atom. The van der Waals surface area contributed by atoms with Gasteiger partial charge >= 0.3 is 0 Å². The lowest BCUT2D eigenvalue weighted by atomic mass is 10.1. The van der Waals surface area contributed by atoms with Crippen molar-refractivity contribution in [2.24, 2.45) is 0 Å². The molecular weight excluding hydrogens is 336 g/mol. The van der Waals surface area contributed by atoms with Crippen LogP contribution in [0, 0.1) is 13.8 Å². The van der Waals surface area contributed by atoms with E-state index in [9.17, 15) is 0 Å². The molecule has 0 aliphatic heterocycles. The Balaban J connectivity index is 1.89. The summed E-state index contributed by atoms with van der Waals surface area (Å²) < 4.78 is 5.39. The van der Waals surface area contributed by atoms with Crippen molar-refractivity contribution < 1.29 is 4.74 Å². The fourth-order valence-corrected chi connectivity index (χ4v) is 3.14. The van der Waals surface area contributed by atoms with Crippen molar-refractivity contribution in [1.29, 1.82) is 0 Å². The zero-order chi connectivity index (χ0) is 18.8. The van der Waals surface area contributed by atoms with Crippen LogP contribution >= 0.6 is 0 Å². The summed E-state index contributed by atoms with van der Waals surface area (Å²) in [7, 11) is 1.66. The van der Waals surface area contributed by atoms with E-state index in [1.807, 2.05) is 30.3 Å². The zero-order valence-electron chi connectivity index (χ0n) is 15.5. The van der Waals surface area contributed by atoms with Crippen LogP contribution in [0.25, 0.3) is 22.3 Å². The third-order valence-electron chi connectivity index (χ3n) is 4.31. The van der Waals surface area contributed by atoms with Crippen LogP contribution in [0.3, 0.4) is 0 Å². The van der Waals surface area contributed by atoms with Gasteiger partial charge in [-0.05, 0) is 67.4 Å². The molecule has 1 N–H and O–H groups in total. The fraction of sp³-hybridized carbons (Fsp3) is 0.136. The average Bonchev–Trinajstić information content (AvgIpc) is 2.67. The first-order valence-corrected chi connectivity index (χ1v) is 8.74. The third-order valence-corrected chi connectivity index (χ3v) is 4.31. The molecule has 2 aromatic carbocycles. The van der Waals surface area contributed by atoms with E-state index in [-0.39, 0.29) is 0 Å². The van der Waals surface area contributed by atoms with Crippen LogP contribution in [0.4, 0.5) is 11.5 Å². The van der Waals surface area contributed by atoms with Gasteiger partial charge < -0.3 is 10.1 Å². The monoisotopic (exact) mass is 356 g/mol. The molecule has 134 valence electrons. The summed E-state index contributed by atoms with van der Waals surface area (Å²) in [6, 6.07) is 16.0. The Kier molecular flexibility index (Phi) is 4.42. The number of ether oxygens (including phenoxy) is 1. The number of aromatic nitrogens is 3. The predicted molar refractivity (Wildman–Crippen MR) is 109 cm³/mol. The molecule has 2 heterocycles. The van der Waals surface area contributed by atoms with Gasteiger partial charge in [0.2, 0.25) is 0 Å². The van der Waals surface area contributed by atoms with E-state index in [1.54, 1.807) is 19.5 Å². The normalized spacial score (nSPS) is 10.8. The summed E-state index contributed by atoms with van der Waals surface area (Å²) in [5, 5.41) is 4.37. The number of benzene rings is 2. The Hall–Kier alpha value is -3.47. The molecule has 0 bridgehead atoms. The molecule has 0 aliphatic rings. The van der Waals surface area contributed by atoms with Gasteiger partial charge in [0.25, 0.3) is 0 Å². The number of rotatable bonds is 4. The third kappa shape index (κ3) is 3.58. The van der Waals surface area contributed by atoms with Crippen molar-refractivity contribution in [1.82, 2.24) is 15.0 Å². The molecule has 2 aromatic heterocycles. The van der Waals surface area contributed by atoms with E-state index in [0.717, 1.165) is 33.7 Å². The van der Waals surface area contributed by atoms with Crippen LogP contribution in [0.2, 0.25) is 0 Å². The van der Waals surface area contributed by atoms with E-state index in [1.165, 1.54) is 11.1 Å². The van der Waals surface area contributed by atoms with E-state index in [4.69, 9.17) is 14.7 Å². The Morgan fingerprint density at radius 3 is 2.44 bits per heavy atom. The van der Waals surface area contributed by atoms with Crippen molar-refractivity contribution in [3.05, 3.63) is 72.1 Å². The highest BCUT2D eigenvalue weighted by Gasteiger charge is 2.11. The van der Waals surface area contributed by atoms with Crippen molar-refractivity contribution in [2.75, 3.05) is 12.4 Å². The van der Waals surface area contributed by atoms with Crippen LogP contribution in [0.15, 0.2) is 60.9 Å². The van der Waals surface area contributed by atoms with Gasteiger partial charge in [0.05, 0.1) is 12.6 Å². The van der Waals surface area contributed by atoms with Crippen molar-refractivity contribution >= 4 is 22.4 Å². The molecule has 0 spiro atoms. The summed E-state index contributed by atoms with van der Waals surface area (Å²) in [6.07, 6.45) is 3.51. The maximum absolute atomic E-state index is 5.39. The van der Waals surface area contributed by atoms with Gasteiger partial charge in [-0.3, -0.25) is 4.98 Å². The average molecular weight is 356 g/mol. The minimum atomic E-state index is 0.632. The lowest BCUT2D eigenvalue weighted by Gasteiger charge is -2.13. The molecule has 4 rings (SSSR count). The molecule has 5 nitrogen and oxygen atoms in total. The maximum atomic E-state index is 5.39. The summed E-state index contributed by atoms with van der Waals surface area (Å²) in [6.45, 7) is 4.17. The predicted octanol–water partition coefficient (Wildman–Crippen LogP) is 5.06. The standard InChI is InChI=1S/C22H20N4O/c1-14-9-15(2)11-17(10-14)24-22-19-12-18(27-3)6-7-20(19)25-21(26-22)16-5-4-8-23-13-16/h4-13H,1-3H3,(H,24,25,26). The number of pyridine rings is 1. The van der Waals surface area contributed by atoms with Crippen molar-refractivity contribution in [3.8, 4) is 17.1 Å². The highest BCUT2D eigenvalue weighted by atomic mass is 16.5. The number of anilines is 2. The van der Waals surface area contributed by atoms with Gasteiger partial charge in [0.1, 0.15) is 11.6 Å². The summed E-state index contributed by atoms with van der Waals surface area (Å²) >= 11 is 0. The first-order chi connectivity index (χ1) is 13.1. The molecule has 0 saturated carbocycles. The smallest absolute Gasteiger partial charge is 0.163 e. The van der Waals surface area contributed by atoms with Gasteiger partial charge in [-0.1, -0.05) is 6.07 Å². The molecule has 0 unspecified atom stereocenters. The van der Waals surface area contributed by atoms with Crippen LogP contribution in [-0.4, -0.2) is 22.1 Å². The molecular formula is C22H20N4O. The first kappa shape index (κ1) is 17.0. The van der Waals surface area contributed by atoms with E-state index in [2.05, 4.69) is 42.3 Å². The Labute approximate surface area is 158 Å². The molecule has 0 aliphatic carbocycles. The molecule has 0 saturated heterocycles. The number of hydrogen-bond donors (Lipinski definition) is 1. The van der Waals surface area contributed by atoms with Gasteiger partial charge in [0, 0.05) is 29.0 Å². The van der Waals surface area contributed by atoms with Crippen molar-refractivity contribution in [3.63, 3.8) is 0 Å². The maximum Gasteiger partial charge on any atom is 0.163 e. The number of aryl methyl sites for hydroxylation is 2. The van der Waals surface area contributed by atoms with Gasteiger partial charge in [0.15, 0.2) is 5.82 Å². The molecule has 0 amide bonds. The Morgan fingerprint density at radius 1 is 0.926 bits per heavy atom. The highest BCUT2D eigenvalue weighted by molar-refractivity contribution is 5.93. The first-order valence-electron chi connectivity index (χ1n) is 8.74. The van der Waals surface area contributed by atoms with Crippen LogP contribution in [-0.2, 0) is 0 Å². The summed E-state index contributed by atoms with van der Waals surface area (Å²) in [5.74, 6) is 2.14. The van der Waals surface area contributed by atoms with Crippen LogP contribution in [0.5, 0.6) is 5.75 Å². The number of hydrogen-bond acceptors (Lipinski definition) is 5. The lowest BCUT2D eigenvalue weighted by molar-refractivity contribution is 0.415. The van der Waals surface area contributed by atoms with Gasteiger partial charge in [-0.2, -0.15) is 0 Å². The quantitative estimate of drug-likeness (QED) is 0.554. The number of nitrogens with one attached hydrogen (secondary N) is 1. The van der Waals surface area contributed by atoms with E-state index in [0.29, 0.717) is 5.82 Å². The second kappa shape index (κ2) is 7.03. The molecule has 0 fully saturated rings. The highest BCUT2D eigenvalue weighted by Crippen LogP contribution is 2.30. The minimum absolute atomic E-state index is 0.632. The molecule has 5 heteroatoms. The molecule has 0 radical (unpaired) electrons. The zero-order valence-corrected chi connectivity index (χ0v) is 15.5. The van der Waals surface area contributed by atoms with E-state index < -0.39 is 0 Å². The minimum Gasteiger partial charge on any atom is -0.497 e. The van der Waals surface area contributed by atoms with Gasteiger partial charge in [-0.25, -0.2) is 9.97 Å². The summed E-state index contributed by atoms with van der Waals surface area (Å²) in [4.78, 5) is 13.7. The Bertz CT molecular complexity index is 1090. The van der Waals surface area contributed by atoms with E-state index >= 15 is 0 Å². The second-order valence-electron chi connectivity index (χ2n) is 6.52. The number of methoxy groups -OCH3 is 1.